The Kier molecular flexibility index (Phi) is 13.6. The van der Waals surface area contributed by atoms with Gasteiger partial charge in [0.2, 0.25) is 0 Å². The first-order valence-electron chi connectivity index (χ1n) is 19.1. The highest BCUT2D eigenvalue weighted by molar-refractivity contribution is 7.86. The van der Waals surface area contributed by atoms with Crippen molar-refractivity contribution in [3.05, 3.63) is 134 Å². The maximum absolute atomic E-state index is 12.6. The molecular weight excluding hydrogens is 1020 g/mol. The summed E-state index contributed by atoms with van der Waals surface area (Å²) in [5.41, 5.74) is 3.26. The van der Waals surface area contributed by atoms with Crippen LogP contribution in [0.5, 0.6) is 17.2 Å². The van der Waals surface area contributed by atoms with Gasteiger partial charge in [-0.05, 0) is 78.2 Å². The van der Waals surface area contributed by atoms with Gasteiger partial charge in [0.1, 0.15) is 54.6 Å². The average Bonchev–Trinajstić information content (AvgIpc) is 3.28. The number of non-ortho nitro benzene ring substituents is 2. The number of hydrogen-bond acceptors (Lipinski definition) is 22. The molecule has 0 aromatic heterocycles. The maximum atomic E-state index is 12.6. The predicted octanol–water partition coefficient (Wildman–Crippen LogP) is 10.5. The number of nitrogens with two attached hydrogens (primary N) is 1. The molecule has 0 fully saturated rings. The molecule has 0 bridgehead atoms. The number of azo groups is 3. The van der Waals surface area contributed by atoms with E-state index in [0.717, 1.165) is 36.4 Å². The summed E-state index contributed by atoms with van der Waals surface area (Å²) in [6.07, 6.45) is 0. The molecule has 0 radical (unpaired) electrons. The van der Waals surface area contributed by atoms with Gasteiger partial charge in [-0.1, -0.05) is 11.6 Å². The average molecular weight is 1050 g/mol. The Morgan fingerprint density at radius 1 is 0.521 bits per heavy atom. The summed E-state index contributed by atoms with van der Waals surface area (Å²) in [4.78, 5) is 17.7. The SMILES string of the molecule is Nc1c(N=Nc2ccc(Nc3ccc(N=Nc4ccc(Nc5ccc([N+](=O)[O-])cc5S(=O)(=O)O)cc4)c(O)c3)cc2O)c(S(=O)(=O)O)cc2cc(S(=O)(=O)O)c(N=Nc3ccc([N+](=O)[O-])cc3Cl)c(O)c12. The number of nitrogen functional groups attached to an aromatic ring is 1. The minimum absolute atomic E-state index is 0.0252. The van der Waals surface area contributed by atoms with Crippen LogP contribution in [0, 0.1) is 20.2 Å². The molecule has 0 aliphatic heterocycles. The fraction of sp³-hybridized carbons (Fsp3) is 0. The highest BCUT2D eigenvalue weighted by atomic mass is 35.5. The first-order valence-corrected chi connectivity index (χ1v) is 23.8. The van der Waals surface area contributed by atoms with Gasteiger partial charge in [-0.2, -0.15) is 30.4 Å². The molecule has 10 N–H and O–H groups in total. The quantitative estimate of drug-likeness (QED) is 0.0151. The molecule has 0 aliphatic carbocycles. The number of phenolic OH excluding ortho intramolecular Hbond substituents is 3. The molecule has 0 aliphatic rings. The van der Waals surface area contributed by atoms with E-state index in [0.29, 0.717) is 23.9 Å². The third-order valence-corrected chi connectivity index (χ3v) is 12.6. The minimum atomic E-state index is -5.27. The number of nitrogens with one attached hydrogen (secondary N) is 2. The number of aromatic hydroxyl groups is 3. The summed E-state index contributed by atoms with van der Waals surface area (Å²) >= 11 is 6.05. The molecule has 0 heterocycles. The number of phenols is 3. The number of nitro benzene ring substituents is 2. The lowest BCUT2D eigenvalue weighted by Gasteiger charge is -2.14. The van der Waals surface area contributed by atoms with Gasteiger partial charge in [-0.15, -0.1) is 25.6 Å². The summed E-state index contributed by atoms with van der Waals surface area (Å²) in [6.45, 7) is 0. The summed E-state index contributed by atoms with van der Waals surface area (Å²) in [5.74, 6) is -1.99. The van der Waals surface area contributed by atoms with Crippen LogP contribution in [0.3, 0.4) is 0 Å². The smallest absolute Gasteiger partial charge is 0.296 e. The third kappa shape index (κ3) is 11.2. The van der Waals surface area contributed by atoms with Crippen LogP contribution in [-0.4, -0.2) is 64.1 Å². The van der Waals surface area contributed by atoms with Crippen LogP contribution in [-0.2, 0) is 30.4 Å². The van der Waals surface area contributed by atoms with E-state index in [2.05, 4.69) is 41.3 Å². The highest BCUT2D eigenvalue weighted by Gasteiger charge is 2.28. The molecule has 0 saturated heterocycles. The van der Waals surface area contributed by atoms with Gasteiger partial charge in [-0.3, -0.25) is 33.9 Å². The molecule has 0 saturated carbocycles. The van der Waals surface area contributed by atoms with Crippen LogP contribution >= 0.6 is 11.6 Å². The number of nitro groups is 2. The van der Waals surface area contributed by atoms with Gasteiger partial charge >= 0.3 is 0 Å². The van der Waals surface area contributed by atoms with Crippen molar-refractivity contribution in [1.29, 1.82) is 0 Å². The van der Waals surface area contributed by atoms with E-state index in [4.69, 9.17) is 17.3 Å². The lowest BCUT2D eigenvalue weighted by molar-refractivity contribution is -0.385. The van der Waals surface area contributed by atoms with Crippen LogP contribution < -0.4 is 16.4 Å². The number of rotatable bonds is 15. The molecule has 7 aromatic rings. The topological polar surface area (TPSA) is 434 Å². The van der Waals surface area contributed by atoms with Crippen molar-refractivity contribution in [2.45, 2.75) is 14.7 Å². The van der Waals surface area contributed by atoms with Crippen LogP contribution in [0.15, 0.2) is 155 Å². The van der Waals surface area contributed by atoms with Gasteiger partial charge in [0.15, 0.2) is 5.75 Å². The van der Waals surface area contributed by atoms with Crippen molar-refractivity contribution in [3.63, 3.8) is 0 Å². The van der Waals surface area contributed by atoms with E-state index in [1.54, 1.807) is 0 Å². The number of fused-ring (bicyclic) bond motifs is 1. The van der Waals surface area contributed by atoms with Crippen molar-refractivity contribution >= 4 is 127 Å². The number of nitrogens with zero attached hydrogens (tertiary/aromatic N) is 8. The Labute approximate surface area is 402 Å². The maximum Gasteiger partial charge on any atom is 0.296 e. The van der Waals surface area contributed by atoms with Crippen molar-refractivity contribution in [3.8, 4) is 17.2 Å². The highest BCUT2D eigenvalue weighted by Crippen LogP contribution is 2.49. The number of halogens is 1. The monoisotopic (exact) mass is 1050 g/mol. The van der Waals surface area contributed by atoms with E-state index in [1.165, 1.54) is 54.6 Å². The molecule has 31 heteroatoms. The lowest BCUT2D eigenvalue weighted by Crippen LogP contribution is -2.04. The first-order chi connectivity index (χ1) is 33.3. The Balaban J connectivity index is 1.10. The van der Waals surface area contributed by atoms with E-state index < -0.39 is 106 Å². The van der Waals surface area contributed by atoms with Crippen molar-refractivity contribution in [2.24, 2.45) is 30.7 Å². The van der Waals surface area contributed by atoms with Crippen LogP contribution in [0.4, 0.5) is 73.9 Å². The molecule has 0 atom stereocenters. The van der Waals surface area contributed by atoms with Crippen LogP contribution in [0.25, 0.3) is 10.8 Å². The molecule has 7 aromatic carbocycles. The zero-order chi connectivity index (χ0) is 51.7. The molecule has 0 spiro atoms. The van der Waals surface area contributed by atoms with E-state index in [9.17, 15) is 74.5 Å². The lowest BCUT2D eigenvalue weighted by atomic mass is 10.1. The molecule has 7 rings (SSSR count). The van der Waals surface area contributed by atoms with Gasteiger partial charge < -0.3 is 31.7 Å². The zero-order valence-electron chi connectivity index (χ0n) is 34.9. The van der Waals surface area contributed by atoms with Gasteiger partial charge in [0.25, 0.3) is 41.7 Å². The number of anilines is 5. The van der Waals surface area contributed by atoms with Gasteiger partial charge in [-0.25, -0.2) is 0 Å². The fourth-order valence-electron chi connectivity index (χ4n) is 6.36. The largest absolute Gasteiger partial charge is 0.506 e. The van der Waals surface area contributed by atoms with Gasteiger partial charge in [0, 0.05) is 53.5 Å². The number of hydrogen-bond donors (Lipinski definition) is 9. The second-order valence-electron chi connectivity index (χ2n) is 14.4. The number of benzene rings is 7. The molecule has 0 amide bonds. The van der Waals surface area contributed by atoms with E-state index >= 15 is 0 Å². The van der Waals surface area contributed by atoms with Crippen molar-refractivity contribution < 1.29 is 64.1 Å². The molecule has 364 valence electrons. The molecule has 27 nitrogen and oxygen atoms in total. The second-order valence-corrected chi connectivity index (χ2v) is 18.9. The first kappa shape index (κ1) is 50.1. The molecule has 0 unspecified atom stereocenters. The van der Waals surface area contributed by atoms with Crippen LogP contribution in [0.1, 0.15) is 0 Å². The Morgan fingerprint density at radius 3 is 1.51 bits per heavy atom. The summed E-state index contributed by atoms with van der Waals surface area (Å²) < 4.78 is 103. The van der Waals surface area contributed by atoms with Gasteiger partial charge in [0.05, 0.1) is 37.3 Å². The Morgan fingerprint density at radius 2 is 0.986 bits per heavy atom. The van der Waals surface area contributed by atoms with Crippen molar-refractivity contribution in [1.82, 2.24) is 0 Å². The Hall–Kier alpha value is -8.78. The van der Waals surface area contributed by atoms with E-state index in [1.807, 2.05) is 0 Å². The zero-order valence-corrected chi connectivity index (χ0v) is 38.1. The standard InChI is InChI=1S/C40H28ClN11O16S3/c41-26-17-24(51(56)57)7-11-27(26)46-50-39-35(71(66,67)68)14-19-13-34(70(63,64)65)38(37(42)36(19)40(39)55)49-48-29-10-6-23(16-32(29)54)43-22-5-9-28(31(53)15-22)47-45-21-3-1-20(2-4-21)44-30-12-8-25(52(58)59)18-33(30)69(60,61)62/h1-18,43-44,53-55H,42H2,(H,60,61,62)(H,63,64,65)(H,66,67,68). The molecular formula is C40H28ClN11O16S3. The van der Waals surface area contributed by atoms with Crippen molar-refractivity contribution in [2.75, 3.05) is 16.4 Å². The fourth-order valence-corrected chi connectivity index (χ4v) is 8.57. The molecule has 71 heavy (non-hydrogen) atoms. The Bertz CT molecular complexity index is 3820. The summed E-state index contributed by atoms with van der Waals surface area (Å²) in [5, 5.41) is 82.5. The van der Waals surface area contributed by atoms with E-state index in [-0.39, 0.29) is 50.6 Å². The summed E-state index contributed by atoms with van der Waals surface area (Å²) in [6, 6.07) is 21.0. The predicted molar refractivity (Wildman–Crippen MR) is 252 cm³/mol. The van der Waals surface area contributed by atoms with Crippen LogP contribution in [0.2, 0.25) is 5.02 Å². The third-order valence-electron chi connectivity index (χ3n) is 9.64. The normalized spacial score (nSPS) is 12.3. The second kappa shape index (κ2) is 19.3. The minimum Gasteiger partial charge on any atom is -0.506 e. The summed E-state index contributed by atoms with van der Waals surface area (Å²) in [7, 11) is -15.4.